The molecule has 52 heavy (non-hydrogen) atoms. The van der Waals surface area contributed by atoms with Gasteiger partial charge in [-0.15, -0.1) is 0 Å². The molecule has 7 aromatic carbocycles. The third-order valence-electron chi connectivity index (χ3n) is 10.1. The maximum absolute atomic E-state index is 6.53. The molecule has 0 aliphatic rings. The van der Waals surface area contributed by atoms with E-state index >= 15 is 0 Å². The van der Waals surface area contributed by atoms with Crippen LogP contribution in [-0.4, -0.2) is 15.0 Å². The molecule has 0 saturated carbocycles. The minimum Gasteiger partial charge on any atom is -0.456 e. The second-order valence-corrected chi connectivity index (χ2v) is 13.2. The molecule has 4 aromatic heterocycles. The monoisotopic (exact) mass is 665 g/mol. The number of benzene rings is 7. The molecule has 0 aliphatic heterocycles. The van der Waals surface area contributed by atoms with Gasteiger partial charge in [0.15, 0.2) is 5.82 Å². The van der Waals surface area contributed by atoms with Crippen LogP contribution in [0.5, 0.6) is 0 Å². The average molecular weight is 666 g/mol. The Morgan fingerprint density at radius 3 is 1.79 bits per heavy atom. The van der Waals surface area contributed by atoms with Crippen molar-refractivity contribution in [3.8, 4) is 45.2 Å². The highest BCUT2D eigenvalue weighted by molar-refractivity contribution is 6.28. The van der Waals surface area contributed by atoms with Crippen molar-refractivity contribution in [2.24, 2.45) is 0 Å². The number of pyridine rings is 1. The van der Waals surface area contributed by atoms with Crippen LogP contribution in [0.4, 0.5) is 0 Å². The van der Waals surface area contributed by atoms with Crippen molar-refractivity contribution in [2.45, 2.75) is 0 Å². The van der Waals surface area contributed by atoms with Crippen molar-refractivity contribution in [3.05, 3.63) is 164 Å². The molecule has 242 valence electrons. The van der Waals surface area contributed by atoms with E-state index in [1.165, 1.54) is 0 Å². The fourth-order valence-corrected chi connectivity index (χ4v) is 7.63. The van der Waals surface area contributed by atoms with Crippen molar-refractivity contribution in [2.75, 3.05) is 0 Å². The summed E-state index contributed by atoms with van der Waals surface area (Å²) in [6.07, 6.45) is 0. The minimum atomic E-state index is 0.633. The molecule has 0 saturated heterocycles. The summed E-state index contributed by atoms with van der Waals surface area (Å²) in [6.45, 7) is 0. The molecule has 0 bridgehead atoms. The summed E-state index contributed by atoms with van der Waals surface area (Å²) < 4.78 is 12.8. The molecule has 11 aromatic rings. The third kappa shape index (κ3) is 4.46. The van der Waals surface area contributed by atoms with Crippen LogP contribution in [0.1, 0.15) is 0 Å². The number of rotatable bonds is 4. The average Bonchev–Trinajstić information content (AvgIpc) is 3.78. The Bertz CT molecular complexity index is 3180. The number of furan rings is 2. The predicted octanol–water partition coefficient (Wildman–Crippen LogP) is 12.6. The molecule has 0 atom stereocenters. The first-order valence-corrected chi connectivity index (χ1v) is 17.3. The van der Waals surface area contributed by atoms with Crippen molar-refractivity contribution < 1.29 is 8.83 Å². The molecule has 0 unspecified atom stereocenters. The van der Waals surface area contributed by atoms with Gasteiger partial charge in [0.1, 0.15) is 22.3 Å². The SMILES string of the molecule is c1ccc(-c2cc(-c3ccc4c(c3)oc3ccccc34)nc(-c3ccc4oc5ccc6c(-c7ccccc7)nc7ccccc7c6c5c4c3)n2)cc1. The molecule has 0 spiro atoms. The Kier molecular flexibility index (Phi) is 6.18. The van der Waals surface area contributed by atoms with Crippen LogP contribution in [-0.2, 0) is 0 Å². The molecular formula is C47H27N3O2. The van der Waals surface area contributed by atoms with Gasteiger partial charge in [-0.1, -0.05) is 103 Å². The Labute approximate surface area is 297 Å². The van der Waals surface area contributed by atoms with Gasteiger partial charge in [0.2, 0.25) is 0 Å². The summed E-state index contributed by atoms with van der Waals surface area (Å²) in [5.41, 5.74) is 10.8. The summed E-state index contributed by atoms with van der Waals surface area (Å²) in [5.74, 6) is 0.633. The summed E-state index contributed by atoms with van der Waals surface area (Å²) in [6, 6.07) is 56.0. The molecule has 0 fully saturated rings. The van der Waals surface area contributed by atoms with E-state index in [4.69, 9.17) is 23.8 Å². The number of aromatic nitrogens is 3. The first-order valence-electron chi connectivity index (χ1n) is 17.3. The lowest BCUT2D eigenvalue weighted by Gasteiger charge is -2.11. The largest absolute Gasteiger partial charge is 0.456 e. The normalized spacial score (nSPS) is 11.8. The van der Waals surface area contributed by atoms with Crippen molar-refractivity contribution >= 4 is 65.6 Å². The topological polar surface area (TPSA) is 65.0 Å². The third-order valence-corrected chi connectivity index (χ3v) is 10.1. The molecular weight excluding hydrogens is 639 g/mol. The van der Waals surface area contributed by atoms with Gasteiger partial charge in [0.25, 0.3) is 0 Å². The van der Waals surface area contributed by atoms with E-state index in [1.807, 2.05) is 54.6 Å². The molecule has 5 nitrogen and oxygen atoms in total. The van der Waals surface area contributed by atoms with Crippen LogP contribution < -0.4 is 0 Å². The first kappa shape index (κ1) is 28.7. The maximum Gasteiger partial charge on any atom is 0.160 e. The predicted molar refractivity (Wildman–Crippen MR) is 211 cm³/mol. The number of fused-ring (bicyclic) bond motifs is 10. The Balaban J connectivity index is 1.15. The summed E-state index contributed by atoms with van der Waals surface area (Å²) in [7, 11) is 0. The Hall–Kier alpha value is -7.11. The van der Waals surface area contributed by atoms with Crippen LogP contribution in [0.25, 0.3) is 111 Å². The molecule has 4 heterocycles. The van der Waals surface area contributed by atoms with Crippen molar-refractivity contribution in [1.82, 2.24) is 15.0 Å². The van der Waals surface area contributed by atoms with Crippen molar-refractivity contribution in [1.29, 1.82) is 0 Å². The smallest absolute Gasteiger partial charge is 0.160 e. The van der Waals surface area contributed by atoms with Gasteiger partial charge in [-0.3, -0.25) is 0 Å². The van der Waals surface area contributed by atoms with Gasteiger partial charge in [-0.05, 0) is 60.7 Å². The van der Waals surface area contributed by atoms with Crippen LogP contribution in [0.3, 0.4) is 0 Å². The molecule has 0 N–H and O–H groups in total. The fourth-order valence-electron chi connectivity index (χ4n) is 7.63. The zero-order valence-electron chi connectivity index (χ0n) is 27.7. The number of nitrogens with zero attached hydrogens (tertiary/aromatic N) is 3. The maximum atomic E-state index is 6.53. The van der Waals surface area contributed by atoms with Gasteiger partial charge in [-0.25, -0.2) is 15.0 Å². The van der Waals surface area contributed by atoms with Gasteiger partial charge >= 0.3 is 0 Å². The lowest BCUT2D eigenvalue weighted by atomic mass is 9.96. The highest BCUT2D eigenvalue weighted by Crippen LogP contribution is 2.42. The van der Waals surface area contributed by atoms with E-state index in [9.17, 15) is 0 Å². The van der Waals surface area contributed by atoms with Crippen molar-refractivity contribution in [3.63, 3.8) is 0 Å². The fraction of sp³-hybridized carbons (Fsp3) is 0. The Morgan fingerprint density at radius 1 is 0.327 bits per heavy atom. The van der Waals surface area contributed by atoms with Gasteiger partial charge in [-0.2, -0.15) is 0 Å². The van der Waals surface area contributed by atoms with E-state index < -0.39 is 0 Å². The summed E-state index contributed by atoms with van der Waals surface area (Å²) in [5, 5.41) is 7.53. The zero-order chi connectivity index (χ0) is 34.2. The second-order valence-electron chi connectivity index (χ2n) is 13.2. The Morgan fingerprint density at radius 2 is 0.942 bits per heavy atom. The van der Waals surface area contributed by atoms with Crippen LogP contribution in [0, 0.1) is 0 Å². The minimum absolute atomic E-state index is 0.633. The van der Waals surface area contributed by atoms with E-state index in [2.05, 4.69) is 109 Å². The lowest BCUT2D eigenvalue weighted by Crippen LogP contribution is -1.96. The highest BCUT2D eigenvalue weighted by Gasteiger charge is 2.19. The van der Waals surface area contributed by atoms with Crippen LogP contribution >= 0.6 is 0 Å². The number of hydrogen-bond donors (Lipinski definition) is 0. The van der Waals surface area contributed by atoms with Gasteiger partial charge < -0.3 is 8.83 Å². The van der Waals surface area contributed by atoms with E-state index in [0.29, 0.717) is 5.82 Å². The van der Waals surface area contributed by atoms with E-state index in [0.717, 1.165) is 105 Å². The second kappa shape index (κ2) is 11.2. The van der Waals surface area contributed by atoms with Gasteiger partial charge in [0.05, 0.1) is 22.6 Å². The van der Waals surface area contributed by atoms with Crippen LogP contribution in [0.15, 0.2) is 173 Å². The lowest BCUT2D eigenvalue weighted by molar-refractivity contribution is 0.668. The molecule has 0 aliphatic carbocycles. The summed E-state index contributed by atoms with van der Waals surface area (Å²) >= 11 is 0. The highest BCUT2D eigenvalue weighted by atomic mass is 16.3. The first-order chi connectivity index (χ1) is 25.7. The number of hydrogen-bond acceptors (Lipinski definition) is 5. The molecule has 11 rings (SSSR count). The molecule has 5 heteroatoms. The summed E-state index contributed by atoms with van der Waals surface area (Å²) in [4.78, 5) is 15.5. The standard InChI is InChI=1S/C47H27N3O2/c1-3-11-28(12-4-1)38-27-39(30-19-21-33-32-15-8-10-18-40(32)52-43(33)26-30)50-47(49-38)31-20-23-41-36(25-31)45-42(51-41)24-22-35-44(45)34-16-7-9-17-37(34)48-46(35)29-13-5-2-6-14-29/h1-27H. The zero-order valence-corrected chi connectivity index (χ0v) is 27.7. The van der Waals surface area contributed by atoms with Gasteiger partial charge in [0, 0.05) is 60.0 Å². The van der Waals surface area contributed by atoms with E-state index in [-0.39, 0.29) is 0 Å². The van der Waals surface area contributed by atoms with Crippen LogP contribution in [0.2, 0.25) is 0 Å². The number of para-hydroxylation sites is 2. The molecule has 0 amide bonds. The van der Waals surface area contributed by atoms with E-state index in [1.54, 1.807) is 0 Å². The molecule has 0 radical (unpaired) electrons. The quantitative estimate of drug-likeness (QED) is 0.175.